The lowest BCUT2D eigenvalue weighted by atomic mass is 9.96. The number of hydrogen-bond acceptors (Lipinski definition) is 2. The molecule has 0 saturated carbocycles. The fourth-order valence-electron chi connectivity index (χ4n) is 2.45. The van der Waals surface area contributed by atoms with Gasteiger partial charge in [-0.15, -0.1) is 0 Å². The lowest BCUT2D eigenvalue weighted by molar-refractivity contribution is 0.140. The highest BCUT2D eigenvalue weighted by molar-refractivity contribution is 5.83. The molecule has 1 aromatic carbocycles. The highest BCUT2D eigenvalue weighted by Gasteiger charge is 2.21. The van der Waals surface area contributed by atoms with Gasteiger partial charge in [-0.05, 0) is 29.0 Å². The minimum absolute atomic E-state index is 0.128. The fourth-order valence-corrected chi connectivity index (χ4v) is 2.45. The molecule has 0 spiro atoms. The summed E-state index contributed by atoms with van der Waals surface area (Å²) in [6.45, 7) is 0.857. The Balaban J connectivity index is 2.16. The molecule has 92 valence electrons. The standard InChI is InChI=1S/C13H12N2O3/c16-11-4-3-8-1-2-9-7-15(13(17)18)6-5-10(9)12(8)14-11/h1-4H,5-7H2,(H,14,16)(H,17,18). The number of hydrogen-bond donors (Lipinski definition) is 2. The van der Waals surface area contributed by atoms with Crippen molar-refractivity contribution in [2.24, 2.45) is 0 Å². The quantitative estimate of drug-likeness (QED) is 0.738. The molecule has 0 unspecified atom stereocenters. The molecule has 0 aliphatic carbocycles. The number of pyridine rings is 1. The highest BCUT2D eigenvalue weighted by Crippen LogP contribution is 2.25. The van der Waals surface area contributed by atoms with Crippen LogP contribution in [0.15, 0.2) is 29.1 Å². The minimum atomic E-state index is -0.901. The van der Waals surface area contributed by atoms with E-state index in [0.29, 0.717) is 19.5 Å². The third kappa shape index (κ3) is 1.64. The van der Waals surface area contributed by atoms with E-state index in [1.54, 1.807) is 6.07 Å². The van der Waals surface area contributed by atoms with Crippen LogP contribution in [-0.2, 0) is 13.0 Å². The Morgan fingerprint density at radius 1 is 1.28 bits per heavy atom. The summed E-state index contributed by atoms with van der Waals surface area (Å²) in [7, 11) is 0. The summed E-state index contributed by atoms with van der Waals surface area (Å²) in [5.74, 6) is 0. The van der Waals surface area contributed by atoms with E-state index in [-0.39, 0.29) is 5.56 Å². The molecule has 5 heteroatoms. The van der Waals surface area contributed by atoms with Gasteiger partial charge in [0.05, 0.1) is 5.52 Å². The van der Waals surface area contributed by atoms with Crippen LogP contribution >= 0.6 is 0 Å². The maximum absolute atomic E-state index is 11.4. The van der Waals surface area contributed by atoms with E-state index in [4.69, 9.17) is 5.11 Å². The van der Waals surface area contributed by atoms with Crippen molar-refractivity contribution in [3.8, 4) is 0 Å². The van der Waals surface area contributed by atoms with Crippen LogP contribution in [0.1, 0.15) is 11.1 Å². The lowest BCUT2D eigenvalue weighted by Crippen LogP contribution is -2.35. The van der Waals surface area contributed by atoms with Crippen LogP contribution in [0.3, 0.4) is 0 Å². The van der Waals surface area contributed by atoms with E-state index in [2.05, 4.69) is 4.98 Å². The normalized spacial score (nSPS) is 14.6. The molecule has 1 aliphatic heterocycles. The summed E-state index contributed by atoms with van der Waals surface area (Å²) in [6.07, 6.45) is -0.263. The summed E-state index contributed by atoms with van der Waals surface area (Å²) in [5, 5.41) is 9.97. The first-order valence-electron chi connectivity index (χ1n) is 5.77. The van der Waals surface area contributed by atoms with Crippen LogP contribution in [0, 0.1) is 0 Å². The summed E-state index contributed by atoms with van der Waals surface area (Å²) in [6, 6.07) is 7.14. The van der Waals surface area contributed by atoms with Gasteiger partial charge in [0.15, 0.2) is 0 Å². The SMILES string of the molecule is O=C(O)N1CCc2c(ccc3ccc(=O)[nH]c23)C1. The topological polar surface area (TPSA) is 73.4 Å². The number of carbonyl (C=O) groups is 1. The van der Waals surface area contributed by atoms with Crippen molar-refractivity contribution < 1.29 is 9.90 Å². The molecule has 1 amide bonds. The summed E-state index contributed by atoms with van der Waals surface area (Å²) in [5.41, 5.74) is 2.74. The van der Waals surface area contributed by atoms with Gasteiger partial charge in [0.1, 0.15) is 0 Å². The molecule has 1 aliphatic rings. The smallest absolute Gasteiger partial charge is 0.407 e. The zero-order valence-electron chi connectivity index (χ0n) is 9.64. The molecule has 0 atom stereocenters. The molecule has 0 fully saturated rings. The molecular formula is C13H12N2O3. The number of nitrogens with zero attached hydrogens (tertiary/aromatic N) is 1. The van der Waals surface area contributed by atoms with Crippen LogP contribution in [0.2, 0.25) is 0 Å². The average molecular weight is 244 g/mol. The van der Waals surface area contributed by atoms with Crippen LogP contribution in [0.25, 0.3) is 10.9 Å². The number of rotatable bonds is 0. The number of nitrogens with one attached hydrogen (secondary N) is 1. The number of H-pyrrole nitrogens is 1. The molecule has 5 nitrogen and oxygen atoms in total. The summed E-state index contributed by atoms with van der Waals surface area (Å²) >= 11 is 0. The largest absolute Gasteiger partial charge is 0.465 e. The monoisotopic (exact) mass is 244 g/mol. The highest BCUT2D eigenvalue weighted by atomic mass is 16.4. The van der Waals surface area contributed by atoms with Crippen LogP contribution in [0.5, 0.6) is 0 Å². The summed E-state index contributed by atoms with van der Waals surface area (Å²) in [4.78, 5) is 26.6. The van der Waals surface area contributed by atoms with Gasteiger partial charge in [0, 0.05) is 19.2 Å². The second kappa shape index (κ2) is 3.87. The van der Waals surface area contributed by atoms with Crippen molar-refractivity contribution in [1.82, 2.24) is 9.88 Å². The molecular weight excluding hydrogens is 232 g/mol. The number of amides is 1. The number of aromatic nitrogens is 1. The van der Waals surface area contributed by atoms with Gasteiger partial charge in [-0.2, -0.15) is 0 Å². The predicted molar refractivity (Wildman–Crippen MR) is 66.7 cm³/mol. The van der Waals surface area contributed by atoms with E-state index < -0.39 is 6.09 Å². The summed E-state index contributed by atoms with van der Waals surface area (Å²) < 4.78 is 0. The van der Waals surface area contributed by atoms with Crippen LogP contribution < -0.4 is 5.56 Å². The first-order chi connectivity index (χ1) is 8.65. The average Bonchev–Trinajstić information content (AvgIpc) is 2.37. The van der Waals surface area contributed by atoms with E-state index in [1.165, 1.54) is 11.0 Å². The Morgan fingerprint density at radius 3 is 2.83 bits per heavy atom. The lowest BCUT2D eigenvalue weighted by Gasteiger charge is -2.27. The maximum Gasteiger partial charge on any atom is 0.407 e. The van der Waals surface area contributed by atoms with Crippen molar-refractivity contribution >= 4 is 17.0 Å². The van der Waals surface area contributed by atoms with Gasteiger partial charge in [0.2, 0.25) is 5.56 Å². The molecule has 2 aromatic rings. The third-order valence-electron chi connectivity index (χ3n) is 3.37. The second-order valence-electron chi connectivity index (χ2n) is 4.44. The van der Waals surface area contributed by atoms with Crippen LogP contribution in [-0.4, -0.2) is 27.6 Å². The van der Waals surface area contributed by atoms with Gasteiger partial charge in [-0.1, -0.05) is 12.1 Å². The maximum atomic E-state index is 11.4. The molecule has 18 heavy (non-hydrogen) atoms. The minimum Gasteiger partial charge on any atom is -0.465 e. The number of fused-ring (bicyclic) bond motifs is 3. The van der Waals surface area contributed by atoms with Gasteiger partial charge in [-0.25, -0.2) is 4.79 Å². The van der Waals surface area contributed by atoms with Crippen LogP contribution in [0.4, 0.5) is 4.79 Å². The van der Waals surface area contributed by atoms with E-state index in [0.717, 1.165) is 22.0 Å². The molecule has 0 bridgehead atoms. The zero-order chi connectivity index (χ0) is 12.7. The van der Waals surface area contributed by atoms with Crippen molar-refractivity contribution in [2.75, 3.05) is 6.54 Å². The number of aromatic amines is 1. The number of benzene rings is 1. The third-order valence-corrected chi connectivity index (χ3v) is 3.37. The van der Waals surface area contributed by atoms with Crippen molar-refractivity contribution in [2.45, 2.75) is 13.0 Å². The predicted octanol–water partition coefficient (Wildman–Crippen LogP) is 1.56. The van der Waals surface area contributed by atoms with Gasteiger partial charge < -0.3 is 15.0 Å². The first kappa shape index (κ1) is 10.8. The Morgan fingerprint density at radius 2 is 2.06 bits per heavy atom. The molecule has 2 N–H and O–H groups in total. The number of carboxylic acid groups (broad SMARTS) is 1. The first-order valence-corrected chi connectivity index (χ1v) is 5.77. The molecule has 0 saturated heterocycles. The van der Waals surface area contributed by atoms with E-state index in [1.807, 2.05) is 12.1 Å². The van der Waals surface area contributed by atoms with Gasteiger partial charge in [0.25, 0.3) is 0 Å². The molecule has 2 heterocycles. The second-order valence-corrected chi connectivity index (χ2v) is 4.44. The fraction of sp³-hybridized carbons (Fsp3) is 0.231. The van der Waals surface area contributed by atoms with Gasteiger partial charge >= 0.3 is 6.09 Å². The molecule has 3 rings (SSSR count). The van der Waals surface area contributed by atoms with Crippen molar-refractivity contribution in [3.63, 3.8) is 0 Å². The Bertz CT molecular complexity index is 690. The van der Waals surface area contributed by atoms with Crippen molar-refractivity contribution in [1.29, 1.82) is 0 Å². The Labute approximate surface area is 103 Å². The molecule has 1 aromatic heterocycles. The van der Waals surface area contributed by atoms with Gasteiger partial charge in [-0.3, -0.25) is 4.79 Å². The molecule has 0 radical (unpaired) electrons. The van der Waals surface area contributed by atoms with Crippen molar-refractivity contribution in [3.05, 3.63) is 45.7 Å². The van der Waals surface area contributed by atoms with E-state index in [9.17, 15) is 9.59 Å². The Kier molecular flexibility index (Phi) is 2.33. The zero-order valence-corrected chi connectivity index (χ0v) is 9.64. The van der Waals surface area contributed by atoms with E-state index >= 15 is 0 Å². The Hall–Kier alpha value is -2.30.